The third-order valence-corrected chi connectivity index (χ3v) is 3.68. The van der Waals surface area contributed by atoms with Gasteiger partial charge in [-0.1, -0.05) is 12.1 Å². The van der Waals surface area contributed by atoms with Gasteiger partial charge in [0.1, 0.15) is 0 Å². The first-order valence-electron chi connectivity index (χ1n) is 8.27. The SMILES string of the molecule is CCN(CC)C(=O)CCCNC(=O)c1ccc(CN(C)C)cc1. The molecule has 0 aliphatic heterocycles. The Bertz CT molecular complexity index is 493. The molecule has 0 aromatic heterocycles. The van der Waals surface area contributed by atoms with Crippen LogP contribution in [0.3, 0.4) is 0 Å². The summed E-state index contributed by atoms with van der Waals surface area (Å²) in [5.41, 5.74) is 1.83. The van der Waals surface area contributed by atoms with Gasteiger partial charge in [0, 0.05) is 38.2 Å². The van der Waals surface area contributed by atoms with Crippen LogP contribution in [0, 0.1) is 0 Å². The van der Waals surface area contributed by atoms with E-state index in [0.29, 0.717) is 24.9 Å². The van der Waals surface area contributed by atoms with Crippen molar-refractivity contribution in [3.05, 3.63) is 35.4 Å². The summed E-state index contributed by atoms with van der Waals surface area (Å²) < 4.78 is 0. The second kappa shape index (κ2) is 10.0. The zero-order valence-corrected chi connectivity index (χ0v) is 14.8. The highest BCUT2D eigenvalue weighted by molar-refractivity contribution is 5.94. The Morgan fingerprint density at radius 3 is 2.17 bits per heavy atom. The lowest BCUT2D eigenvalue weighted by molar-refractivity contribution is -0.130. The normalized spacial score (nSPS) is 10.7. The van der Waals surface area contributed by atoms with Crippen LogP contribution in [0.1, 0.15) is 42.6 Å². The summed E-state index contributed by atoms with van der Waals surface area (Å²) in [5.74, 6) is 0.0639. The summed E-state index contributed by atoms with van der Waals surface area (Å²) in [6, 6.07) is 7.63. The van der Waals surface area contributed by atoms with Gasteiger partial charge in [-0.15, -0.1) is 0 Å². The lowest BCUT2D eigenvalue weighted by atomic mass is 10.1. The molecule has 128 valence electrons. The van der Waals surface area contributed by atoms with Crippen LogP contribution in [0.4, 0.5) is 0 Å². The first-order chi connectivity index (χ1) is 11.0. The maximum absolute atomic E-state index is 12.1. The van der Waals surface area contributed by atoms with E-state index in [9.17, 15) is 9.59 Å². The molecular weight excluding hydrogens is 290 g/mol. The van der Waals surface area contributed by atoms with Crippen LogP contribution in [0.5, 0.6) is 0 Å². The van der Waals surface area contributed by atoms with Crippen LogP contribution in [0.25, 0.3) is 0 Å². The minimum Gasteiger partial charge on any atom is -0.352 e. The molecule has 5 heteroatoms. The van der Waals surface area contributed by atoms with E-state index in [4.69, 9.17) is 0 Å². The molecule has 1 aromatic carbocycles. The first kappa shape index (κ1) is 19.2. The van der Waals surface area contributed by atoms with Crippen molar-refractivity contribution in [2.45, 2.75) is 33.2 Å². The Hall–Kier alpha value is -1.88. The summed E-state index contributed by atoms with van der Waals surface area (Å²) in [4.78, 5) is 27.8. The molecule has 0 aliphatic rings. The fourth-order valence-corrected chi connectivity index (χ4v) is 2.40. The number of benzene rings is 1. The van der Waals surface area contributed by atoms with Gasteiger partial charge in [-0.05, 0) is 52.1 Å². The van der Waals surface area contributed by atoms with E-state index in [1.807, 2.05) is 57.1 Å². The van der Waals surface area contributed by atoms with Crippen molar-refractivity contribution in [1.29, 1.82) is 0 Å². The number of nitrogens with zero attached hydrogens (tertiary/aromatic N) is 2. The van der Waals surface area contributed by atoms with E-state index in [1.165, 1.54) is 5.56 Å². The highest BCUT2D eigenvalue weighted by atomic mass is 16.2. The smallest absolute Gasteiger partial charge is 0.251 e. The Labute approximate surface area is 139 Å². The molecule has 1 N–H and O–H groups in total. The second-order valence-electron chi connectivity index (χ2n) is 5.86. The number of rotatable bonds is 9. The van der Waals surface area contributed by atoms with E-state index < -0.39 is 0 Å². The predicted octanol–water partition coefficient (Wildman–Crippen LogP) is 2.13. The largest absolute Gasteiger partial charge is 0.352 e. The lowest BCUT2D eigenvalue weighted by Gasteiger charge is -2.18. The molecule has 0 radical (unpaired) electrons. The number of carbonyl (C=O) groups is 2. The molecule has 0 spiro atoms. The third kappa shape index (κ3) is 6.82. The zero-order valence-electron chi connectivity index (χ0n) is 14.8. The van der Waals surface area contributed by atoms with E-state index in [2.05, 4.69) is 10.2 Å². The molecule has 0 fully saturated rings. The molecule has 0 bridgehead atoms. The molecular formula is C18H29N3O2. The van der Waals surface area contributed by atoms with Crippen molar-refractivity contribution in [1.82, 2.24) is 15.1 Å². The molecule has 0 heterocycles. The zero-order chi connectivity index (χ0) is 17.2. The van der Waals surface area contributed by atoms with Crippen molar-refractivity contribution in [3.63, 3.8) is 0 Å². The van der Waals surface area contributed by atoms with Gasteiger partial charge < -0.3 is 15.1 Å². The van der Waals surface area contributed by atoms with Crippen LogP contribution in [-0.2, 0) is 11.3 Å². The van der Waals surface area contributed by atoms with Gasteiger partial charge in [0.25, 0.3) is 5.91 Å². The number of hydrogen-bond acceptors (Lipinski definition) is 3. The van der Waals surface area contributed by atoms with Crippen LogP contribution in [0.2, 0.25) is 0 Å². The lowest BCUT2D eigenvalue weighted by Crippen LogP contribution is -2.31. The highest BCUT2D eigenvalue weighted by Crippen LogP contribution is 2.06. The third-order valence-electron chi connectivity index (χ3n) is 3.68. The molecule has 0 saturated heterocycles. The van der Waals surface area contributed by atoms with Gasteiger partial charge in [0.2, 0.25) is 5.91 Å². The Morgan fingerprint density at radius 1 is 1.04 bits per heavy atom. The van der Waals surface area contributed by atoms with E-state index in [1.54, 1.807) is 0 Å². The summed E-state index contributed by atoms with van der Waals surface area (Å²) in [5, 5.41) is 2.87. The van der Waals surface area contributed by atoms with Crippen LogP contribution in [-0.4, -0.2) is 55.3 Å². The maximum atomic E-state index is 12.1. The predicted molar refractivity (Wildman–Crippen MR) is 93.3 cm³/mol. The standard InChI is InChI=1S/C18H29N3O2/c1-5-21(6-2)17(22)8-7-13-19-18(23)16-11-9-15(10-12-16)14-20(3)4/h9-12H,5-8,13-14H2,1-4H3,(H,19,23). The van der Waals surface area contributed by atoms with Crippen LogP contribution >= 0.6 is 0 Å². The molecule has 1 aromatic rings. The summed E-state index contributed by atoms with van der Waals surface area (Å²) in [6.07, 6.45) is 1.14. The maximum Gasteiger partial charge on any atom is 0.251 e. The average Bonchev–Trinajstić information content (AvgIpc) is 2.52. The van der Waals surface area contributed by atoms with Crippen LogP contribution < -0.4 is 5.32 Å². The molecule has 0 saturated carbocycles. The van der Waals surface area contributed by atoms with Gasteiger partial charge in [-0.2, -0.15) is 0 Å². The Balaban J connectivity index is 2.35. The van der Waals surface area contributed by atoms with E-state index in [-0.39, 0.29) is 11.8 Å². The molecule has 23 heavy (non-hydrogen) atoms. The molecule has 0 unspecified atom stereocenters. The summed E-state index contributed by atoms with van der Waals surface area (Å²) in [7, 11) is 4.03. The number of nitrogens with one attached hydrogen (secondary N) is 1. The van der Waals surface area contributed by atoms with Crippen LogP contribution in [0.15, 0.2) is 24.3 Å². The minimum absolute atomic E-state index is 0.0864. The molecule has 2 amide bonds. The fourth-order valence-electron chi connectivity index (χ4n) is 2.40. The first-order valence-corrected chi connectivity index (χ1v) is 8.27. The summed E-state index contributed by atoms with van der Waals surface area (Å²) in [6.45, 7) is 6.80. The van der Waals surface area contributed by atoms with Crippen molar-refractivity contribution < 1.29 is 9.59 Å². The van der Waals surface area contributed by atoms with Crippen molar-refractivity contribution in [2.24, 2.45) is 0 Å². The quantitative estimate of drug-likeness (QED) is 0.710. The fraction of sp³-hybridized carbons (Fsp3) is 0.556. The van der Waals surface area contributed by atoms with E-state index >= 15 is 0 Å². The minimum atomic E-state index is -0.0864. The van der Waals surface area contributed by atoms with Gasteiger partial charge in [0.05, 0.1) is 0 Å². The average molecular weight is 319 g/mol. The van der Waals surface area contributed by atoms with Gasteiger partial charge in [0.15, 0.2) is 0 Å². The van der Waals surface area contributed by atoms with Gasteiger partial charge >= 0.3 is 0 Å². The summed E-state index contributed by atoms with van der Waals surface area (Å²) >= 11 is 0. The van der Waals surface area contributed by atoms with Crippen molar-refractivity contribution in [3.8, 4) is 0 Å². The van der Waals surface area contributed by atoms with Gasteiger partial charge in [-0.3, -0.25) is 9.59 Å². The Kier molecular flexibility index (Phi) is 8.33. The second-order valence-corrected chi connectivity index (χ2v) is 5.86. The topological polar surface area (TPSA) is 52.7 Å². The molecule has 1 rings (SSSR count). The van der Waals surface area contributed by atoms with Crippen molar-refractivity contribution in [2.75, 3.05) is 33.7 Å². The van der Waals surface area contributed by atoms with E-state index in [0.717, 1.165) is 19.6 Å². The Morgan fingerprint density at radius 2 is 1.65 bits per heavy atom. The monoisotopic (exact) mass is 319 g/mol. The van der Waals surface area contributed by atoms with Crippen molar-refractivity contribution >= 4 is 11.8 Å². The number of carbonyl (C=O) groups excluding carboxylic acids is 2. The molecule has 0 aliphatic carbocycles. The molecule has 5 nitrogen and oxygen atoms in total. The number of hydrogen-bond donors (Lipinski definition) is 1. The van der Waals surface area contributed by atoms with Gasteiger partial charge in [-0.25, -0.2) is 0 Å². The number of amides is 2. The molecule has 0 atom stereocenters. The highest BCUT2D eigenvalue weighted by Gasteiger charge is 2.09.